The zero-order valence-corrected chi connectivity index (χ0v) is 18.0. The molecule has 0 aliphatic rings. The summed E-state index contributed by atoms with van der Waals surface area (Å²) in [5.74, 6) is 0. The summed E-state index contributed by atoms with van der Waals surface area (Å²) in [6, 6.07) is 14.0. The zero-order chi connectivity index (χ0) is 19.2. The Morgan fingerprint density at radius 1 is 0.520 bits per heavy atom. The molecule has 0 nitrogen and oxygen atoms in total. The molecule has 2 aromatic carbocycles. The van der Waals surface area contributed by atoms with Crippen molar-refractivity contribution in [1.29, 1.82) is 0 Å². The Kier molecular flexibility index (Phi) is 4.99. The molecule has 25 heavy (non-hydrogen) atoms. The molecule has 0 fully saturated rings. The maximum atomic E-state index is 2.38. The molecule has 0 saturated heterocycles. The predicted octanol–water partition coefficient (Wildman–Crippen LogP) is 7.22. The zero-order valence-electron chi connectivity index (χ0n) is 18.0. The van der Waals surface area contributed by atoms with E-state index in [0.29, 0.717) is 0 Å². The van der Waals surface area contributed by atoms with Crippen molar-refractivity contribution >= 4 is 0 Å². The third-order valence-corrected chi connectivity index (χ3v) is 5.51. The van der Waals surface area contributed by atoms with E-state index in [4.69, 9.17) is 0 Å². The van der Waals surface area contributed by atoms with Crippen LogP contribution in [0.25, 0.3) is 0 Å². The molecule has 0 bridgehead atoms. The number of rotatable bonds is 2. The highest BCUT2D eigenvalue weighted by Gasteiger charge is 2.26. The maximum Gasteiger partial charge on any atom is 0.0146 e. The van der Waals surface area contributed by atoms with E-state index in [2.05, 4.69) is 106 Å². The van der Waals surface area contributed by atoms with Crippen molar-refractivity contribution in [3.8, 4) is 0 Å². The summed E-state index contributed by atoms with van der Waals surface area (Å²) in [7, 11) is 0. The van der Waals surface area contributed by atoms with Gasteiger partial charge in [-0.15, -0.1) is 0 Å². The van der Waals surface area contributed by atoms with Gasteiger partial charge in [0.2, 0.25) is 0 Å². The standard InChI is InChI=1S/C25H36/c1-17-15-19(11-13-21(17)23(3,4)5)25(9,10)20-12-14-22(18(2)16-20)24(6,7)8/h11-16H,1-10H3. The first-order chi connectivity index (χ1) is 11.2. The summed E-state index contributed by atoms with van der Waals surface area (Å²) in [4.78, 5) is 0. The molecule has 0 spiro atoms. The second kappa shape index (κ2) is 6.31. The van der Waals surface area contributed by atoms with Gasteiger partial charge in [-0.05, 0) is 58.1 Å². The van der Waals surface area contributed by atoms with Gasteiger partial charge in [-0.2, -0.15) is 0 Å². The monoisotopic (exact) mass is 336 g/mol. The molecule has 0 heteroatoms. The molecule has 2 rings (SSSR count). The van der Waals surface area contributed by atoms with Crippen molar-refractivity contribution in [3.05, 3.63) is 69.8 Å². The SMILES string of the molecule is Cc1cc(C(C)(C)c2ccc(C(C)(C)C)c(C)c2)ccc1C(C)(C)C. The fraction of sp³-hybridized carbons (Fsp3) is 0.520. The lowest BCUT2D eigenvalue weighted by molar-refractivity contribution is 0.579. The average molecular weight is 337 g/mol. The van der Waals surface area contributed by atoms with Crippen molar-refractivity contribution in [2.45, 2.75) is 85.5 Å². The Labute approximate surface area is 155 Å². The third-order valence-electron chi connectivity index (χ3n) is 5.51. The van der Waals surface area contributed by atoms with Crippen LogP contribution in [0.1, 0.15) is 88.8 Å². The summed E-state index contributed by atoms with van der Waals surface area (Å²) >= 11 is 0. The number of hydrogen-bond donors (Lipinski definition) is 0. The van der Waals surface area contributed by atoms with Crippen molar-refractivity contribution in [3.63, 3.8) is 0 Å². The molecule has 0 saturated carbocycles. The molecule has 0 aromatic heterocycles. The van der Waals surface area contributed by atoms with Crippen LogP contribution < -0.4 is 0 Å². The van der Waals surface area contributed by atoms with Gasteiger partial charge in [0.05, 0.1) is 0 Å². The molecular formula is C25H36. The van der Waals surface area contributed by atoms with E-state index < -0.39 is 0 Å². The van der Waals surface area contributed by atoms with Crippen molar-refractivity contribution in [2.75, 3.05) is 0 Å². The minimum absolute atomic E-state index is 0.00233. The second-order valence-electron chi connectivity index (χ2n) is 10.2. The van der Waals surface area contributed by atoms with Crippen LogP contribution in [0.3, 0.4) is 0 Å². The molecule has 0 atom stereocenters. The minimum Gasteiger partial charge on any atom is -0.0579 e. The quantitative estimate of drug-likeness (QED) is 0.543. The lowest BCUT2D eigenvalue weighted by Gasteiger charge is -2.31. The number of hydrogen-bond acceptors (Lipinski definition) is 0. The second-order valence-corrected chi connectivity index (χ2v) is 10.2. The molecule has 0 radical (unpaired) electrons. The van der Waals surface area contributed by atoms with E-state index in [-0.39, 0.29) is 16.2 Å². The van der Waals surface area contributed by atoms with Crippen LogP contribution in [0.2, 0.25) is 0 Å². The molecule has 2 aromatic rings. The molecule has 0 unspecified atom stereocenters. The molecule has 0 aliphatic heterocycles. The number of benzene rings is 2. The summed E-state index contributed by atoms with van der Waals surface area (Å²) in [5, 5.41) is 0. The number of aryl methyl sites for hydroxylation is 2. The highest BCUT2D eigenvalue weighted by atomic mass is 14.3. The van der Waals surface area contributed by atoms with Gasteiger partial charge in [0, 0.05) is 5.41 Å². The smallest absolute Gasteiger partial charge is 0.0146 e. The Bertz CT molecular complexity index is 696. The van der Waals surface area contributed by atoms with Crippen LogP contribution in [0.15, 0.2) is 36.4 Å². The third kappa shape index (κ3) is 4.00. The molecule has 0 amide bonds. The van der Waals surface area contributed by atoms with Crippen molar-refractivity contribution in [2.24, 2.45) is 0 Å². The van der Waals surface area contributed by atoms with E-state index in [1.807, 2.05) is 0 Å². The molecule has 136 valence electrons. The van der Waals surface area contributed by atoms with Crippen LogP contribution in [-0.4, -0.2) is 0 Å². The normalized spacial score (nSPS) is 13.2. The Balaban J connectivity index is 2.49. The van der Waals surface area contributed by atoms with Crippen molar-refractivity contribution < 1.29 is 0 Å². The first-order valence-electron chi connectivity index (χ1n) is 9.48. The Morgan fingerprint density at radius 3 is 1.08 bits per heavy atom. The van der Waals surface area contributed by atoms with Crippen LogP contribution in [-0.2, 0) is 16.2 Å². The van der Waals surface area contributed by atoms with Crippen LogP contribution in [0, 0.1) is 13.8 Å². The van der Waals surface area contributed by atoms with E-state index in [9.17, 15) is 0 Å². The van der Waals surface area contributed by atoms with Gasteiger partial charge >= 0.3 is 0 Å². The predicted molar refractivity (Wildman–Crippen MR) is 112 cm³/mol. The molecule has 0 heterocycles. The molecular weight excluding hydrogens is 300 g/mol. The van der Waals surface area contributed by atoms with Gasteiger partial charge in [-0.1, -0.05) is 91.8 Å². The largest absolute Gasteiger partial charge is 0.0579 e. The topological polar surface area (TPSA) is 0 Å². The summed E-state index contributed by atoms with van der Waals surface area (Å²) in [6.45, 7) is 22.9. The van der Waals surface area contributed by atoms with E-state index in [1.165, 1.54) is 33.4 Å². The highest BCUT2D eigenvalue weighted by Crippen LogP contribution is 2.36. The Morgan fingerprint density at radius 2 is 0.840 bits per heavy atom. The van der Waals surface area contributed by atoms with Crippen LogP contribution in [0.5, 0.6) is 0 Å². The highest BCUT2D eigenvalue weighted by molar-refractivity contribution is 5.46. The summed E-state index contributed by atoms with van der Waals surface area (Å²) < 4.78 is 0. The molecule has 0 N–H and O–H groups in total. The first-order valence-corrected chi connectivity index (χ1v) is 9.48. The minimum atomic E-state index is 0.00233. The first kappa shape index (κ1) is 19.8. The van der Waals surface area contributed by atoms with Gasteiger partial charge < -0.3 is 0 Å². The average Bonchev–Trinajstić information content (AvgIpc) is 2.44. The van der Waals surface area contributed by atoms with Gasteiger partial charge in [0.25, 0.3) is 0 Å². The van der Waals surface area contributed by atoms with E-state index in [1.54, 1.807) is 0 Å². The summed E-state index contributed by atoms with van der Waals surface area (Å²) in [5.41, 5.74) is 8.82. The van der Waals surface area contributed by atoms with Crippen LogP contribution >= 0.6 is 0 Å². The molecule has 0 aliphatic carbocycles. The van der Waals surface area contributed by atoms with Crippen molar-refractivity contribution in [1.82, 2.24) is 0 Å². The fourth-order valence-corrected chi connectivity index (χ4v) is 3.95. The van der Waals surface area contributed by atoms with Gasteiger partial charge in [-0.25, -0.2) is 0 Å². The van der Waals surface area contributed by atoms with Crippen LogP contribution in [0.4, 0.5) is 0 Å². The van der Waals surface area contributed by atoms with Gasteiger partial charge in [0.1, 0.15) is 0 Å². The Hall–Kier alpha value is -1.56. The van der Waals surface area contributed by atoms with E-state index in [0.717, 1.165) is 0 Å². The fourth-order valence-electron chi connectivity index (χ4n) is 3.95. The lowest BCUT2D eigenvalue weighted by atomic mass is 9.74. The van der Waals surface area contributed by atoms with Gasteiger partial charge in [0.15, 0.2) is 0 Å². The summed E-state index contributed by atoms with van der Waals surface area (Å²) in [6.07, 6.45) is 0. The van der Waals surface area contributed by atoms with E-state index >= 15 is 0 Å². The lowest BCUT2D eigenvalue weighted by Crippen LogP contribution is -2.22. The maximum absolute atomic E-state index is 2.38. The van der Waals surface area contributed by atoms with Gasteiger partial charge in [-0.3, -0.25) is 0 Å².